The van der Waals surface area contributed by atoms with Gasteiger partial charge in [0.05, 0.1) is 11.6 Å². The first-order valence-corrected chi connectivity index (χ1v) is 11.8. The topological polar surface area (TPSA) is 67.9 Å². The van der Waals surface area contributed by atoms with E-state index in [1.165, 1.54) is 5.56 Å². The molecule has 0 bridgehead atoms. The highest BCUT2D eigenvalue weighted by atomic mass is 79.9. The molecule has 6 nitrogen and oxygen atoms in total. The number of nitrogens with one attached hydrogen (secondary N) is 1. The van der Waals surface area contributed by atoms with Crippen LogP contribution in [0.25, 0.3) is 0 Å². The lowest BCUT2D eigenvalue weighted by molar-refractivity contribution is -0.142. The Morgan fingerprint density at radius 1 is 1.09 bits per heavy atom. The van der Waals surface area contributed by atoms with Crippen LogP contribution in [-0.2, 0) is 22.6 Å². The average Bonchev–Trinajstić information content (AvgIpc) is 2.81. The second-order valence-electron chi connectivity index (χ2n) is 7.60. The molecule has 2 aromatic rings. The molecule has 0 heterocycles. The van der Waals surface area contributed by atoms with E-state index in [0.29, 0.717) is 18.8 Å². The van der Waals surface area contributed by atoms with Crippen LogP contribution in [0, 0.1) is 0 Å². The van der Waals surface area contributed by atoms with Gasteiger partial charge in [-0.15, -0.1) is 0 Å². The van der Waals surface area contributed by atoms with Crippen molar-refractivity contribution in [1.82, 2.24) is 10.2 Å². The van der Waals surface area contributed by atoms with Crippen LogP contribution in [0.2, 0.25) is 0 Å². The summed E-state index contributed by atoms with van der Waals surface area (Å²) >= 11 is 3.50. The molecule has 0 unspecified atom stereocenters. The Hall–Kier alpha value is -2.54. The maximum atomic E-state index is 13.1. The van der Waals surface area contributed by atoms with E-state index in [1.54, 1.807) is 18.9 Å². The maximum absolute atomic E-state index is 13.1. The lowest BCUT2D eigenvalue weighted by Gasteiger charge is -2.29. The molecule has 2 rings (SSSR count). The smallest absolute Gasteiger partial charge is 0.261 e. The summed E-state index contributed by atoms with van der Waals surface area (Å²) in [6.07, 6.45) is 2.80. The minimum Gasteiger partial charge on any atom is -0.497 e. The molecular formula is C25H33BrN2O4. The van der Waals surface area contributed by atoms with E-state index in [1.807, 2.05) is 42.5 Å². The molecule has 2 aromatic carbocycles. The van der Waals surface area contributed by atoms with Crippen molar-refractivity contribution in [3.05, 3.63) is 58.1 Å². The third kappa shape index (κ3) is 7.55. The Kier molecular flexibility index (Phi) is 10.5. The predicted octanol–water partition coefficient (Wildman–Crippen LogP) is 4.73. The van der Waals surface area contributed by atoms with Gasteiger partial charge in [0.2, 0.25) is 5.91 Å². The summed E-state index contributed by atoms with van der Waals surface area (Å²) < 4.78 is 11.8. The number of nitrogens with zero attached hydrogens (tertiary/aromatic N) is 1. The second kappa shape index (κ2) is 13.1. The van der Waals surface area contributed by atoms with Crippen molar-refractivity contribution in [3.63, 3.8) is 0 Å². The van der Waals surface area contributed by atoms with Crippen LogP contribution in [0.3, 0.4) is 0 Å². The van der Waals surface area contributed by atoms with E-state index in [2.05, 4.69) is 35.1 Å². The maximum Gasteiger partial charge on any atom is 0.261 e. The highest BCUT2D eigenvalue weighted by molar-refractivity contribution is 9.10. The standard InChI is InChI=1S/C25H33BrN2O4/c1-5-7-14-27-25(30)18(3)28(16-20-8-11-21(31-4)12-9-20)24(29)17-32-23-13-10-19(6-2)15-22(23)26/h8-13,15,18H,5-7,14,16-17H2,1-4H3,(H,27,30)/t18-/m1/s1. The molecule has 1 atom stereocenters. The van der Waals surface area contributed by atoms with Gasteiger partial charge >= 0.3 is 0 Å². The van der Waals surface area contributed by atoms with E-state index >= 15 is 0 Å². The summed E-state index contributed by atoms with van der Waals surface area (Å²) in [4.78, 5) is 27.4. The van der Waals surface area contributed by atoms with Crippen molar-refractivity contribution >= 4 is 27.7 Å². The molecule has 7 heteroatoms. The van der Waals surface area contributed by atoms with Crippen LogP contribution in [0.5, 0.6) is 11.5 Å². The van der Waals surface area contributed by atoms with Gasteiger partial charge < -0.3 is 19.7 Å². The number of carbonyl (C=O) groups excluding carboxylic acids is 2. The Labute approximate surface area is 199 Å². The fourth-order valence-corrected chi connectivity index (χ4v) is 3.69. The van der Waals surface area contributed by atoms with Gasteiger partial charge in [-0.3, -0.25) is 9.59 Å². The second-order valence-corrected chi connectivity index (χ2v) is 8.45. The van der Waals surface area contributed by atoms with E-state index in [0.717, 1.165) is 35.0 Å². The number of methoxy groups -OCH3 is 1. The van der Waals surface area contributed by atoms with Crippen LogP contribution in [-0.4, -0.2) is 43.0 Å². The molecule has 0 saturated carbocycles. The molecular weight excluding hydrogens is 472 g/mol. The first-order chi connectivity index (χ1) is 15.4. The number of carbonyl (C=O) groups is 2. The first kappa shape index (κ1) is 25.7. The number of rotatable bonds is 12. The molecule has 174 valence electrons. The van der Waals surface area contributed by atoms with E-state index in [9.17, 15) is 9.59 Å². The average molecular weight is 505 g/mol. The van der Waals surface area contributed by atoms with Gasteiger partial charge in [0.1, 0.15) is 17.5 Å². The van der Waals surface area contributed by atoms with Crippen LogP contribution >= 0.6 is 15.9 Å². The van der Waals surface area contributed by atoms with Gasteiger partial charge in [-0.25, -0.2) is 0 Å². The SMILES string of the molecule is CCCCNC(=O)[C@@H](C)N(Cc1ccc(OC)cc1)C(=O)COc1ccc(CC)cc1Br. The Balaban J connectivity index is 2.13. The fraction of sp³-hybridized carbons (Fsp3) is 0.440. The first-order valence-electron chi connectivity index (χ1n) is 11.0. The minimum absolute atomic E-state index is 0.160. The Morgan fingerprint density at radius 2 is 1.78 bits per heavy atom. The van der Waals surface area contributed by atoms with Crippen molar-refractivity contribution in [3.8, 4) is 11.5 Å². The molecule has 0 saturated heterocycles. The number of amides is 2. The highest BCUT2D eigenvalue weighted by Crippen LogP contribution is 2.26. The zero-order chi connectivity index (χ0) is 23.5. The molecule has 0 radical (unpaired) electrons. The van der Waals surface area contributed by atoms with Crippen molar-refractivity contribution in [2.75, 3.05) is 20.3 Å². The van der Waals surface area contributed by atoms with E-state index in [-0.39, 0.29) is 18.4 Å². The summed E-state index contributed by atoms with van der Waals surface area (Å²) in [5.74, 6) is 0.903. The number of benzene rings is 2. The normalized spacial score (nSPS) is 11.5. The van der Waals surface area contributed by atoms with Crippen LogP contribution in [0.15, 0.2) is 46.9 Å². The van der Waals surface area contributed by atoms with Crippen LogP contribution in [0.4, 0.5) is 0 Å². The number of ether oxygens (including phenoxy) is 2. The number of halogens is 1. The van der Waals surface area contributed by atoms with Crippen molar-refractivity contribution in [2.24, 2.45) is 0 Å². The molecule has 0 spiro atoms. The zero-order valence-electron chi connectivity index (χ0n) is 19.3. The molecule has 0 aliphatic heterocycles. The molecule has 2 amide bonds. The molecule has 0 aliphatic rings. The molecule has 32 heavy (non-hydrogen) atoms. The van der Waals surface area contributed by atoms with Crippen molar-refractivity contribution in [1.29, 1.82) is 0 Å². The monoisotopic (exact) mass is 504 g/mol. The Morgan fingerprint density at radius 3 is 2.38 bits per heavy atom. The summed E-state index contributed by atoms with van der Waals surface area (Å²) in [6, 6.07) is 12.6. The largest absolute Gasteiger partial charge is 0.497 e. The third-order valence-electron chi connectivity index (χ3n) is 5.26. The highest BCUT2D eigenvalue weighted by Gasteiger charge is 2.26. The lowest BCUT2D eigenvalue weighted by Crippen LogP contribution is -2.49. The number of hydrogen-bond donors (Lipinski definition) is 1. The predicted molar refractivity (Wildman–Crippen MR) is 130 cm³/mol. The van der Waals surface area contributed by atoms with E-state index in [4.69, 9.17) is 9.47 Å². The summed E-state index contributed by atoms with van der Waals surface area (Å²) in [5.41, 5.74) is 2.08. The summed E-state index contributed by atoms with van der Waals surface area (Å²) in [6.45, 7) is 6.62. The van der Waals surface area contributed by atoms with Crippen LogP contribution in [0.1, 0.15) is 44.7 Å². The molecule has 0 fully saturated rings. The quantitative estimate of drug-likeness (QED) is 0.424. The van der Waals surface area contributed by atoms with Gasteiger partial charge in [0, 0.05) is 13.1 Å². The molecule has 0 aromatic heterocycles. The van der Waals surface area contributed by atoms with Crippen LogP contribution < -0.4 is 14.8 Å². The van der Waals surface area contributed by atoms with Gasteiger partial charge in [0.25, 0.3) is 5.91 Å². The molecule has 0 aliphatic carbocycles. The number of aryl methyl sites for hydroxylation is 1. The lowest BCUT2D eigenvalue weighted by atomic mass is 10.1. The zero-order valence-corrected chi connectivity index (χ0v) is 20.9. The van der Waals surface area contributed by atoms with E-state index < -0.39 is 6.04 Å². The number of hydrogen-bond acceptors (Lipinski definition) is 4. The van der Waals surface area contributed by atoms with Crippen molar-refractivity contribution in [2.45, 2.75) is 52.6 Å². The van der Waals surface area contributed by atoms with Gasteiger partial charge in [-0.2, -0.15) is 0 Å². The van der Waals surface area contributed by atoms with Crippen molar-refractivity contribution < 1.29 is 19.1 Å². The number of unbranched alkanes of at least 4 members (excludes halogenated alkanes) is 1. The van der Waals surface area contributed by atoms with Gasteiger partial charge in [-0.05, 0) is 71.1 Å². The fourth-order valence-electron chi connectivity index (χ4n) is 3.15. The molecule has 1 N–H and O–H groups in total. The summed E-state index contributed by atoms with van der Waals surface area (Å²) in [5, 5.41) is 2.92. The Bertz CT molecular complexity index is 886. The third-order valence-corrected chi connectivity index (χ3v) is 5.88. The minimum atomic E-state index is -0.629. The summed E-state index contributed by atoms with van der Waals surface area (Å²) in [7, 11) is 1.61. The van der Waals surface area contributed by atoms with Gasteiger partial charge in [-0.1, -0.05) is 38.5 Å². The van der Waals surface area contributed by atoms with Gasteiger partial charge in [0.15, 0.2) is 6.61 Å².